The molecule has 1 aromatic rings. The molecular formula is C16H25N3O4S. The predicted molar refractivity (Wildman–Crippen MR) is 89.0 cm³/mol. The fourth-order valence-electron chi connectivity index (χ4n) is 3.67. The second kappa shape index (κ2) is 6.95. The first kappa shape index (κ1) is 17.6. The van der Waals surface area contributed by atoms with E-state index in [-0.39, 0.29) is 16.5 Å². The summed E-state index contributed by atoms with van der Waals surface area (Å²) >= 11 is 0. The van der Waals surface area contributed by atoms with E-state index in [0.717, 1.165) is 19.4 Å². The lowest BCUT2D eigenvalue weighted by Crippen LogP contribution is -2.58. The van der Waals surface area contributed by atoms with Gasteiger partial charge < -0.3 is 14.0 Å². The van der Waals surface area contributed by atoms with Gasteiger partial charge in [0.1, 0.15) is 0 Å². The molecule has 0 aliphatic carbocycles. The minimum atomic E-state index is -3.59. The molecule has 0 radical (unpaired) electrons. The van der Waals surface area contributed by atoms with E-state index in [2.05, 4.69) is 11.6 Å². The Morgan fingerprint density at radius 1 is 1.58 bits per heavy atom. The number of imidazole rings is 1. The normalized spacial score (nSPS) is 28.5. The molecule has 8 heteroatoms. The molecule has 2 saturated heterocycles. The van der Waals surface area contributed by atoms with E-state index in [0.29, 0.717) is 32.7 Å². The van der Waals surface area contributed by atoms with Crippen LogP contribution < -0.4 is 0 Å². The molecule has 2 unspecified atom stereocenters. The second-order valence-electron chi connectivity index (χ2n) is 6.63. The Bertz CT molecular complexity index is 687. The molecule has 0 aromatic carbocycles. The second-order valence-corrected chi connectivity index (χ2v) is 8.52. The number of aryl methyl sites for hydroxylation is 1. The molecule has 7 nitrogen and oxygen atoms in total. The molecule has 1 aromatic heterocycles. The van der Waals surface area contributed by atoms with Gasteiger partial charge in [-0.05, 0) is 19.3 Å². The first-order chi connectivity index (χ1) is 11.5. The smallest absolute Gasteiger partial charge is 0.262 e. The van der Waals surface area contributed by atoms with Crippen molar-refractivity contribution < 1.29 is 17.9 Å². The summed E-state index contributed by atoms with van der Waals surface area (Å²) in [6.45, 7) is 6.21. The van der Waals surface area contributed by atoms with Crippen molar-refractivity contribution in [2.45, 2.75) is 30.4 Å². The molecule has 2 fully saturated rings. The number of nitrogens with zero attached hydrogens (tertiary/aromatic N) is 3. The van der Waals surface area contributed by atoms with Crippen molar-refractivity contribution in [1.82, 2.24) is 13.9 Å². The van der Waals surface area contributed by atoms with Crippen LogP contribution in [0.1, 0.15) is 19.3 Å². The number of ether oxygens (including phenoxy) is 2. The lowest BCUT2D eigenvalue weighted by Gasteiger charge is -2.49. The Kier molecular flexibility index (Phi) is 5.10. The molecule has 2 atom stereocenters. The van der Waals surface area contributed by atoms with Crippen LogP contribution in [0.3, 0.4) is 0 Å². The van der Waals surface area contributed by atoms with Crippen LogP contribution in [0.25, 0.3) is 0 Å². The standard InChI is InChI=1S/C16H25N3O4S/c1-3-8-22-12-16-6-4-9-23-14(16)5-7-19(11-16)24(20,21)15-10-18(2)13-17-15/h3,10,13-14H,1,4-9,11-12H2,2H3. The molecule has 3 heterocycles. The first-order valence-electron chi connectivity index (χ1n) is 8.26. The van der Waals surface area contributed by atoms with Gasteiger partial charge in [0, 0.05) is 38.4 Å². The van der Waals surface area contributed by atoms with Crippen molar-refractivity contribution in [2.24, 2.45) is 12.5 Å². The monoisotopic (exact) mass is 355 g/mol. The molecule has 3 rings (SSSR count). The third kappa shape index (κ3) is 3.28. The van der Waals surface area contributed by atoms with E-state index < -0.39 is 10.0 Å². The van der Waals surface area contributed by atoms with E-state index in [1.165, 1.54) is 10.6 Å². The molecule has 24 heavy (non-hydrogen) atoms. The average Bonchev–Trinajstić information content (AvgIpc) is 3.02. The average molecular weight is 355 g/mol. The summed E-state index contributed by atoms with van der Waals surface area (Å²) in [4.78, 5) is 4.02. The van der Waals surface area contributed by atoms with Gasteiger partial charge in [-0.2, -0.15) is 4.31 Å². The van der Waals surface area contributed by atoms with Crippen molar-refractivity contribution in [3.63, 3.8) is 0 Å². The summed E-state index contributed by atoms with van der Waals surface area (Å²) < 4.78 is 40.6. The highest BCUT2D eigenvalue weighted by Gasteiger charge is 2.49. The highest BCUT2D eigenvalue weighted by atomic mass is 32.2. The first-order valence-corrected chi connectivity index (χ1v) is 9.70. The summed E-state index contributed by atoms with van der Waals surface area (Å²) in [5.41, 5.74) is -0.290. The molecule has 0 bridgehead atoms. The molecule has 2 aliphatic heterocycles. The van der Waals surface area contributed by atoms with Gasteiger partial charge >= 0.3 is 0 Å². The van der Waals surface area contributed by atoms with E-state index in [4.69, 9.17) is 9.47 Å². The minimum Gasteiger partial charge on any atom is -0.377 e. The lowest BCUT2D eigenvalue weighted by molar-refractivity contribution is -0.140. The number of sulfonamides is 1. The van der Waals surface area contributed by atoms with Gasteiger partial charge in [0.2, 0.25) is 0 Å². The lowest BCUT2D eigenvalue weighted by atomic mass is 9.73. The quantitative estimate of drug-likeness (QED) is 0.566. The Hall–Kier alpha value is -1.22. The number of hydrogen-bond acceptors (Lipinski definition) is 5. The summed E-state index contributed by atoms with van der Waals surface area (Å²) in [7, 11) is -1.83. The number of hydrogen-bond donors (Lipinski definition) is 0. The van der Waals surface area contributed by atoms with Crippen molar-refractivity contribution >= 4 is 10.0 Å². The maximum absolute atomic E-state index is 12.9. The molecule has 0 spiro atoms. The van der Waals surface area contributed by atoms with Gasteiger partial charge in [0.15, 0.2) is 5.03 Å². The maximum Gasteiger partial charge on any atom is 0.262 e. The summed E-state index contributed by atoms with van der Waals surface area (Å²) in [5.74, 6) is 0. The van der Waals surface area contributed by atoms with Crippen molar-refractivity contribution in [1.29, 1.82) is 0 Å². The van der Waals surface area contributed by atoms with Crippen LogP contribution in [-0.2, 0) is 26.5 Å². The fraction of sp³-hybridized carbons (Fsp3) is 0.688. The zero-order valence-electron chi connectivity index (χ0n) is 14.1. The van der Waals surface area contributed by atoms with Crippen LogP contribution in [0, 0.1) is 5.41 Å². The Balaban J connectivity index is 1.82. The van der Waals surface area contributed by atoms with Crippen LogP contribution in [-0.4, -0.2) is 61.3 Å². The van der Waals surface area contributed by atoms with Gasteiger partial charge in [-0.1, -0.05) is 6.08 Å². The van der Waals surface area contributed by atoms with Crippen molar-refractivity contribution in [2.75, 3.05) is 32.9 Å². The molecule has 134 valence electrons. The topological polar surface area (TPSA) is 73.7 Å². The van der Waals surface area contributed by atoms with Gasteiger partial charge in [-0.25, -0.2) is 13.4 Å². The van der Waals surface area contributed by atoms with E-state index in [1.807, 2.05) is 0 Å². The molecule has 0 N–H and O–H groups in total. The van der Waals surface area contributed by atoms with Crippen molar-refractivity contribution in [3.8, 4) is 0 Å². The van der Waals surface area contributed by atoms with E-state index in [9.17, 15) is 8.42 Å². The van der Waals surface area contributed by atoms with Gasteiger partial charge in [0.25, 0.3) is 10.0 Å². The number of piperidine rings is 1. The summed E-state index contributed by atoms with van der Waals surface area (Å²) in [5, 5.41) is 0.0994. The van der Waals surface area contributed by atoms with Crippen LogP contribution in [0.5, 0.6) is 0 Å². The molecule has 0 saturated carbocycles. The third-order valence-electron chi connectivity index (χ3n) is 4.86. The van der Waals surface area contributed by atoms with Crippen LogP contribution in [0.15, 0.2) is 30.2 Å². The minimum absolute atomic E-state index is 0.0475. The highest BCUT2D eigenvalue weighted by Crippen LogP contribution is 2.41. The van der Waals surface area contributed by atoms with Gasteiger partial charge in [-0.15, -0.1) is 6.58 Å². The van der Waals surface area contributed by atoms with Gasteiger partial charge in [-0.3, -0.25) is 0 Å². The summed E-state index contributed by atoms with van der Waals surface area (Å²) in [6, 6.07) is 0. The number of aromatic nitrogens is 2. The highest BCUT2D eigenvalue weighted by molar-refractivity contribution is 7.89. The van der Waals surface area contributed by atoms with Gasteiger partial charge in [0.05, 0.1) is 25.6 Å². The Morgan fingerprint density at radius 2 is 2.42 bits per heavy atom. The van der Waals surface area contributed by atoms with Crippen LogP contribution >= 0.6 is 0 Å². The predicted octanol–water partition coefficient (Wildman–Crippen LogP) is 1.18. The third-order valence-corrected chi connectivity index (χ3v) is 6.59. The molecule has 2 aliphatic rings. The van der Waals surface area contributed by atoms with E-state index in [1.54, 1.807) is 23.9 Å². The number of fused-ring (bicyclic) bond motifs is 1. The van der Waals surface area contributed by atoms with Crippen LogP contribution in [0.2, 0.25) is 0 Å². The fourth-order valence-corrected chi connectivity index (χ4v) is 5.18. The maximum atomic E-state index is 12.9. The van der Waals surface area contributed by atoms with E-state index >= 15 is 0 Å². The Morgan fingerprint density at radius 3 is 3.12 bits per heavy atom. The SMILES string of the molecule is C=CCOCC12CCCOC1CCN(S(=O)(=O)c1cn(C)cn1)C2. The zero-order chi connectivity index (χ0) is 17.2. The zero-order valence-corrected chi connectivity index (χ0v) is 14.9. The Labute approximate surface area is 143 Å². The largest absolute Gasteiger partial charge is 0.377 e. The van der Waals surface area contributed by atoms with Crippen LogP contribution in [0.4, 0.5) is 0 Å². The summed E-state index contributed by atoms with van der Waals surface area (Å²) in [6.07, 6.45) is 7.32. The molecular weight excluding hydrogens is 330 g/mol. The molecule has 0 amide bonds. The number of rotatable bonds is 6. The van der Waals surface area contributed by atoms with Crippen molar-refractivity contribution in [3.05, 3.63) is 25.2 Å².